The van der Waals surface area contributed by atoms with Gasteiger partial charge in [-0.3, -0.25) is 18.7 Å². The van der Waals surface area contributed by atoms with Crippen molar-refractivity contribution in [1.82, 2.24) is 58.6 Å². The molecule has 12 rings (SSSR count). The summed E-state index contributed by atoms with van der Waals surface area (Å²) in [4.78, 5) is 53.7. The summed E-state index contributed by atoms with van der Waals surface area (Å²) in [5, 5.41) is 11.1. The summed E-state index contributed by atoms with van der Waals surface area (Å²) < 4.78 is 60.6. The molecule has 72 heavy (non-hydrogen) atoms. The topological polar surface area (TPSA) is 227 Å². The highest BCUT2D eigenvalue weighted by Crippen LogP contribution is 2.41. The number of rotatable bonds is 11. The molecule has 0 spiro atoms. The van der Waals surface area contributed by atoms with Crippen LogP contribution in [0.5, 0.6) is 11.5 Å². The zero-order chi connectivity index (χ0) is 50.1. The van der Waals surface area contributed by atoms with Crippen molar-refractivity contribution in [3.63, 3.8) is 0 Å². The average molecular weight is 975 g/mol. The van der Waals surface area contributed by atoms with E-state index in [0.29, 0.717) is 73.6 Å². The first-order valence-corrected chi connectivity index (χ1v) is 23.3. The number of hydrogen-bond acceptors (Lipinski definition) is 14. The first-order valence-electron chi connectivity index (χ1n) is 23.3. The number of methoxy groups -OCH3 is 2. The lowest BCUT2D eigenvalue weighted by Gasteiger charge is -2.21. The molecule has 2 unspecified atom stereocenters. The number of nitrogen functional groups attached to an aromatic ring is 2. The minimum atomic E-state index is -0.599. The van der Waals surface area contributed by atoms with Gasteiger partial charge < -0.3 is 20.9 Å². The van der Waals surface area contributed by atoms with E-state index in [9.17, 15) is 22.8 Å². The number of anilines is 2. The monoisotopic (exact) mass is 974 g/mol. The van der Waals surface area contributed by atoms with E-state index in [1.165, 1.54) is 63.3 Å². The van der Waals surface area contributed by atoms with Crippen molar-refractivity contribution in [3.8, 4) is 34.0 Å². The van der Waals surface area contributed by atoms with Crippen molar-refractivity contribution < 1.29 is 22.6 Å². The van der Waals surface area contributed by atoms with Crippen LogP contribution in [0, 0.1) is 17.5 Å². The van der Waals surface area contributed by atoms with E-state index < -0.39 is 35.1 Å². The SMILES string of the molecule is CCC(c1nc2cccc(F)c2c(=O)n1C1CC1)n1nc(-c2ccc(OC)c(F)c2)c2c(N)ncnc21.COc1ccc(-c2nn(C(C)c3nc4ccccc4c(=O)n3C3CC3)c3ncnc(N)c23)cc1F. The molecule has 6 aromatic heterocycles. The molecule has 2 atom stereocenters. The Bertz CT molecular complexity index is 3920. The maximum atomic E-state index is 14.6. The van der Waals surface area contributed by atoms with E-state index in [2.05, 4.69) is 19.9 Å². The average Bonchev–Trinajstić information content (AvgIpc) is 4.33. The van der Waals surface area contributed by atoms with Crippen LogP contribution in [-0.4, -0.2) is 72.8 Å². The van der Waals surface area contributed by atoms with Gasteiger partial charge in [0.1, 0.15) is 70.6 Å². The molecule has 2 aliphatic carbocycles. The lowest BCUT2D eigenvalue weighted by Crippen LogP contribution is -2.29. The predicted molar refractivity (Wildman–Crippen MR) is 264 cm³/mol. The fourth-order valence-electron chi connectivity index (χ4n) is 9.37. The summed E-state index contributed by atoms with van der Waals surface area (Å²) in [5.41, 5.74) is 15.6. The van der Waals surface area contributed by atoms with Crippen molar-refractivity contribution in [2.24, 2.45) is 0 Å². The number of halogens is 3. The lowest BCUT2D eigenvalue weighted by molar-refractivity contribution is 0.386. The van der Waals surface area contributed by atoms with E-state index >= 15 is 0 Å². The van der Waals surface area contributed by atoms with Gasteiger partial charge in [0.25, 0.3) is 11.1 Å². The van der Waals surface area contributed by atoms with Crippen LogP contribution in [0.25, 0.3) is 66.4 Å². The quantitative estimate of drug-likeness (QED) is 0.124. The minimum absolute atomic E-state index is 0.0284. The zero-order valence-corrected chi connectivity index (χ0v) is 39.3. The van der Waals surface area contributed by atoms with Crippen molar-refractivity contribution in [1.29, 1.82) is 0 Å². The van der Waals surface area contributed by atoms with Gasteiger partial charge in [0, 0.05) is 23.2 Å². The second kappa shape index (κ2) is 17.9. The summed E-state index contributed by atoms with van der Waals surface area (Å²) in [6.45, 7) is 3.85. The number of fused-ring (bicyclic) bond motifs is 4. The van der Waals surface area contributed by atoms with Crippen molar-refractivity contribution >= 4 is 55.5 Å². The minimum Gasteiger partial charge on any atom is -0.494 e. The summed E-state index contributed by atoms with van der Waals surface area (Å²) in [6.07, 6.45) is 6.64. The van der Waals surface area contributed by atoms with Crippen LogP contribution in [0.1, 0.15) is 81.8 Å². The smallest absolute Gasteiger partial charge is 0.264 e. The maximum Gasteiger partial charge on any atom is 0.264 e. The molecule has 21 heteroatoms. The molecule has 2 fully saturated rings. The molecule has 4 aromatic carbocycles. The largest absolute Gasteiger partial charge is 0.494 e. The van der Waals surface area contributed by atoms with E-state index in [1.807, 2.05) is 32.0 Å². The van der Waals surface area contributed by atoms with Crippen LogP contribution >= 0.6 is 0 Å². The highest BCUT2D eigenvalue weighted by molar-refractivity contribution is 5.99. The fourth-order valence-corrected chi connectivity index (χ4v) is 9.37. The van der Waals surface area contributed by atoms with E-state index in [-0.39, 0.29) is 51.7 Å². The van der Waals surface area contributed by atoms with Crippen LogP contribution in [0.2, 0.25) is 0 Å². The molecule has 2 aliphatic rings. The summed E-state index contributed by atoms with van der Waals surface area (Å²) >= 11 is 0. The third-order valence-corrected chi connectivity index (χ3v) is 13.2. The van der Waals surface area contributed by atoms with E-state index in [1.54, 1.807) is 42.8 Å². The van der Waals surface area contributed by atoms with Crippen LogP contribution in [0.4, 0.5) is 24.8 Å². The molecule has 0 radical (unpaired) electrons. The van der Waals surface area contributed by atoms with Gasteiger partial charge in [-0.15, -0.1) is 0 Å². The number of para-hydroxylation sites is 1. The number of ether oxygens (including phenoxy) is 2. The molecule has 10 aromatic rings. The Labute approximate surface area is 406 Å². The molecule has 0 amide bonds. The summed E-state index contributed by atoms with van der Waals surface area (Å²) in [6, 6.07) is 19.9. The number of hydrogen-bond donors (Lipinski definition) is 2. The molecule has 18 nitrogen and oxygen atoms in total. The standard InChI is InChI=1S/C26H23F2N7O2.C25H22FN7O2/c1-3-18(24-32-17-6-4-5-15(27)20(17)26(36)34(24)14-8-9-14)35-25-21(23(29)30-12-31-25)22(33-35)13-7-10-19(37-2)16(28)11-13;1-13(23-30-18-6-4-3-5-16(18)25(34)32(23)15-8-9-15)33-24-20(22(27)28-12-29-24)21(31-33)14-7-10-19(35-2)17(26)11-14/h4-7,10-12,14,18H,3,8-9H2,1-2H3,(H2,29,30,31);3-7,10-13,15H,8-9H2,1-2H3,(H2,27,28,29). The summed E-state index contributed by atoms with van der Waals surface area (Å²) in [5.74, 6) is 0.0235. The molecule has 0 bridgehead atoms. The molecule has 2 saturated carbocycles. The molecular formula is C51H45F3N14O4. The Balaban J connectivity index is 0.000000156. The molecule has 4 N–H and O–H groups in total. The van der Waals surface area contributed by atoms with Crippen LogP contribution in [0.3, 0.4) is 0 Å². The first kappa shape index (κ1) is 45.7. The van der Waals surface area contributed by atoms with E-state index in [0.717, 1.165) is 25.7 Å². The normalized spacial score (nSPS) is 14.4. The van der Waals surface area contributed by atoms with Gasteiger partial charge >= 0.3 is 0 Å². The van der Waals surface area contributed by atoms with Crippen molar-refractivity contribution in [2.75, 3.05) is 25.7 Å². The summed E-state index contributed by atoms with van der Waals surface area (Å²) in [7, 11) is 2.80. The van der Waals surface area contributed by atoms with Gasteiger partial charge in [0.15, 0.2) is 34.4 Å². The third kappa shape index (κ3) is 7.67. The Morgan fingerprint density at radius 1 is 0.625 bits per heavy atom. The molecule has 364 valence electrons. The number of nitrogens with two attached hydrogens (primary N) is 2. The van der Waals surface area contributed by atoms with Gasteiger partial charge in [0.2, 0.25) is 0 Å². The maximum absolute atomic E-state index is 14.6. The van der Waals surface area contributed by atoms with Crippen LogP contribution in [0.15, 0.2) is 101 Å². The predicted octanol–water partition coefficient (Wildman–Crippen LogP) is 8.28. The van der Waals surface area contributed by atoms with Gasteiger partial charge in [-0.05, 0) is 99.7 Å². The Morgan fingerprint density at radius 2 is 1.15 bits per heavy atom. The molecular weight excluding hydrogens is 930 g/mol. The highest BCUT2D eigenvalue weighted by Gasteiger charge is 2.35. The third-order valence-electron chi connectivity index (χ3n) is 13.2. The molecule has 6 heterocycles. The van der Waals surface area contributed by atoms with Gasteiger partial charge in [-0.2, -0.15) is 10.2 Å². The Hall–Kier alpha value is -8.75. The number of benzene rings is 4. The Kier molecular flexibility index (Phi) is 11.4. The zero-order valence-electron chi connectivity index (χ0n) is 39.3. The fraction of sp³-hybridized carbons (Fsp3) is 0.255. The first-order chi connectivity index (χ1) is 34.9. The van der Waals surface area contributed by atoms with Gasteiger partial charge in [-0.1, -0.05) is 25.1 Å². The van der Waals surface area contributed by atoms with Gasteiger partial charge in [-0.25, -0.2) is 52.4 Å². The second-order valence-electron chi connectivity index (χ2n) is 17.7. The highest BCUT2D eigenvalue weighted by atomic mass is 19.1. The Morgan fingerprint density at radius 3 is 1.71 bits per heavy atom. The molecule has 0 aliphatic heterocycles. The molecule has 0 saturated heterocycles. The van der Waals surface area contributed by atoms with Crippen molar-refractivity contribution in [2.45, 2.75) is 70.1 Å². The van der Waals surface area contributed by atoms with Crippen LogP contribution in [-0.2, 0) is 0 Å². The van der Waals surface area contributed by atoms with Gasteiger partial charge in [0.05, 0.1) is 41.4 Å². The van der Waals surface area contributed by atoms with Crippen molar-refractivity contribution in [3.05, 3.63) is 141 Å². The van der Waals surface area contributed by atoms with Crippen LogP contribution < -0.4 is 32.1 Å². The lowest BCUT2D eigenvalue weighted by atomic mass is 10.1. The number of nitrogens with zero attached hydrogens (tertiary/aromatic N) is 12. The number of aromatic nitrogens is 12. The second-order valence-corrected chi connectivity index (χ2v) is 17.7. The van der Waals surface area contributed by atoms with E-state index in [4.69, 9.17) is 41.1 Å².